The first-order valence-electron chi connectivity index (χ1n) is 6.50. The lowest BCUT2D eigenvalue weighted by atomic mass is 10.1. The standard InChI is InChI=1S/C14H20N2O/c15-13-4-2-1-3-12(13)14(17)9-16-8-10-5-6-11(16)7-10/h1-4,10-11,14,17H,5-9,15H2. The molecule has 1 aromatic carbocycles. The molecular formula is C14H20N2O. The molecule has 17 heavy (non-hydrogen) atoms. The monoisotopic (exact) mass is 232 g/mol. The quantitative estimate of drug-likeness (QED) is 0.781. The second-order valence-corrected chi connectivity index (χ2v) is 5.43. The lowest BCUT2D eigenvalue weighted by Crippen LogP contribution is -2.35. The molecule has 1 heterocycles. The van der Waals surface area contributed by atoms with E-state index < -0.39 is 6.10 Å². The fraction of sp³-hybridized carbons (Fsp3) is 0.571. The molecule has 2 fully saturated rings. The van der Waals surface area contributed by atoms with E-state index in [1.165, 1.54) is 19.3 Å². The van der Waals surface area contributed by atoms with Gasteiger partial charge in [0.2, 0.25) is 0 Å². The SMILES string of the molecule is Nc1ccccc1C(O)CN1CC2CCC1C2. The predicted octanol–water partition coefficient (Wildman–Crippen LogP) is 1.79. The Kier molecular flexibility index (Phi) is 2.81. The van der Waals surface area contributed by atoms with Crippen molar-refractivity contribution in [3.8, 4) is 0 Å². The predicted molar refractivity (Wildman–Crippen MR) is 68.5 cm³/mol. The minimum Gasteiger partial charge on any atom is -0.398 e. The largest absolute Gasteiger partial charge is 0.398 e. The van der Waals surface area contributed by atoms with Crippen molar-refractivity contribution >= 4 is 5.69 Å². The highest BCUT2D eigenvalue weighted by Gasteiger charge is 2.38. The van der Waals surface area contributed by atoms with Crippen LogP contribution in [0, 0.1) is 5.92 Å². The molecule has 3 heteroatoms. The molecule has 2 bridgehead atoms. The number of likely N-dealkylation sites (tertiary alicyclic amines) is 1. The number of nitrogens with zero attached hydrogens (tertiary/aromatic N) is 1. The first-order valence-corrected chi connectivity index (χ1v) is 6.50. The maximum atomic E-state index is 10.3. The molecule has 3 rings (SSSR count). The first-order chi connectivity index (χ1) is 8.24. The molecule has 3 atom stereocenters. The molecule has 0 radical (unpaired) electrons. The van der Waals surface area contributed by atoms with Gasteiger partial charge in [-0.25, -0.2) is 0 Å². The first kappa shape index (κ1) is 11.1. The number of β-amino-alcohol motifs (C(OH)–C–C–N with tert-alkyl or cyclic N) is 1. The Balaban J connectivity index is 1.68. The fourth-order valence-electron chi connectivity index (χ4n) is 3.39. The average Bonchev–Trinajstić information content (AvgIpc) is 2.91. The van der Waals surface area contributed by atoms with E-state index in [9.17, 15) is 5.11 Å². The van der Waals surface area contributed by atoms with E-state index in [1.807, 2.05) is 24.3 Å². The van der Waals surface area contributed by atoms with Crippen LogP contribution < -0.4 is 5.73 Å². The third-order valence-electron chi connectivity index (χ3n) is 4.29. The van der Waals surface area contributed by atoms with E-state index in [2.05, 4.69) is 4.90 Å². The number of hydrogen-bond acceptors (Lipinski definition) is 3. The van der Waals surface area contributed by atoms with Gasteiger partial charge in [0.15, 0.2) is 0 Å². The molecule has 2 aliphatic rings. The van der Waals surface area contributed by atoms with E-state index >= 15 is 0 Å². The van der Waals surface area contributed by atoms with Crippen molar-refractivity contribution in [3.05, 3.63) is 29.8 Å². The number of aliphatic hydroxyl groups is 1. The number of benzene rings is 1. The van der Waals surface area contributed by atoms with Crippen LogP contribution in [0.4, 0.5) is 5.69 Å². The van der Waals surface area contributed by atoms with Gasteiger partial charge < -0.3 is 10.8 Å². The van der Waals surface area contributed by atoms with Crippen molar-refractivity contribution < 1.29 is 5.11 Å². The number of para-hydroxylation sites is 1. The minimum atomic E-state index is -0.449. The molecule has 1 aromatic rings. The summed E-state index contributed by atoms with van der Waals surface area (Å²) in [5.41, 5.74) is 7.46. The number of piperidine rings is 1. The van der Waals surface area contributed by atoms with Crippen molar-refractivity contribution in [3.63, 3.8) is 0 Å². The molecule has 1 saturated heterocycles. The van der Waals surface area contributed by atoms with E-state index in [0.29, 0.717) is 11.7 Å². The Bertz CT molecular complexity index is 407. The van der Waals surface area contributed by atoms with Crippen LogP contribution in [-0.2, 0) is 0 Å². The highest BCUT2D eigenvalue weighted by Crippen LogP contribution is 2.38. The number of fused-ring (bicyclic) bond motifs is 2. The molecule has 92 valence electrons. The lowest BCUT2D eigenvalue weighted by molar-refractivity contribution is 0.0951. The Morgan fingerprint density at radius 3 is 2.82 bits per heavy atom. The van der Waals surface area contributed by atoms with Gasteiger partial charge in [0.1, 0.15) is 0 Å². The molecular weight excluding hydrogens is 212 g/mol. The molecule has 3 nitrogen and oxygen atoms in total. The number of nitrogen functional groups attached to an aromatic ring is 1. The summed E-state index contributed by atoms with van der Waals surface area (Å²) < 4.78 is 0. The van der Waals surface area contributed by atoms with Crippen molar-refractivity contribution in [2.75, 3.05) is 18.8 Å². The van der Waals surface area contributed by atoms with Crippen LogP contribution >= 0.6 is 0 Å². The van der Waals surface area contributed by atoms with Gasteiger partial charge in [0, 0.05) is 30.4 Å². The van der Waals surface area contributed by atoms with Crippen LogP contribution in [0.15, 0.2) is 24.3 Å². The van der Waals surface area contributed by atoms with Crippen molar-refractivity contribution in [2.24, 2.45) is 5.92 Å². The third kappa shape index (κ3) is 2.05. The van der Waals surface area contributed by atoms with Gasteiger partial charge >= 0.3 is 0 Å². The summed E-state index contributed by atoms with van der Waals surface area (Å²) >= 11 is 0. The van der Waals surface area contributed by atoms with Crippen molar-refractivity contribution in [2.45, 2.75) is 31.4 Å². The Hall–Kier alpha value is -1.06. The summed E-state index contributed by atoms with van der Waals surface area (Å²) in [6.45, 7) is 1.89. The van der Waals surface area contributed by atoms with Crippen LogP contribution in [0.5, 0.6) is 0 Å². The number of aliphatic hydroxyl groups excluding tert-OH is 1. The van der Waals surface area contributed by atoms with Gasteiger partial charge in [0.05, 0.1) is 6.10 Å². The maximum absolute atomic E-state index is 10.3. The van der Waals surface area contributed by atoms with E-state index in [1.54, 1.807) is 0 Å². The van der Waals surface area contributed by atoms with Crippen LogP contribution in [-0.4, -0.2) is 29.1 Å². The highest BCUT2D eigenvalue weighted by molar-refractivity contribution is 5.47. The fourth-order valence-corrected chi connectivity index (χ4v) is 3.39. The Labute approximate surface area is 102 Å². The summed E-state index contributed by atoms with van der Waals surface area (Å²) in [7, 11) is 0. The second kappa shape index (κ2) is 4.31. The van der Waals surface area contributed by atoms with E-state index in [0.717, 1.165) is 24.6 Å². The van der Waals surface area contributed by atoms with Gasteiger partial charge in [-0.2, -0.15) is 0 Å². The normalized spacial score (nSPS) is 29.7. The van der Waals surface area contributed by atoms with E-state index in [4.69, 9.17) is 5.73 Å². The molecule has 3 N–H and O–H groups in total. The van der Waals surface area contributed by atoms with Gasteiger partial charge in [0.25, 0.3) is 0 Å². The topological polar surface area (TPSA) is 49.5 Å². The lowest BCUT2D eigenvalue weighted by Gasteiger charge is -2.29. The highest BCUT2D eigenvalue weighted by atomic mass is 16.3. The van der Waals surface area contributed by atoms with Crippen LogP contribution in [0.2, 0.25) is 0 Å². The summed E-state index contributed by atoms with van der Waals surface area (Å²) in [5.74, 6) is 0.875. The van der Waals surface area contributed by atoms with Gasteiger partial charge in [-0.15, -0.1) is 0 Å². The Morgan fingerprint density at radius 1 is 1.35 bits per heavy atom. The zero-order valence-electron chi connectivity index (χ0n) is 10.0. The minimum absolute atomic E-state index is 0.449. The van der Waals surface area contributed by atoms with Crippen molar-refractivity contribution in [1.29, 1.82) is 0 Å². The summed E-state index contributed by atoms with van der Waals surface area (Å²) in [5, 5.41) is 10.3. The van der Waals surface area contributed by atoms with Gasteiger partial charge in [-0.1, -0.05) is 18.2 Å². The number of rotatable bonds is 3. The van der Waals surface area contributed by atoms with Crippen LogP contribution in [0.25, 0.3) is 0 Å². The third-order valence-corrected chi connectivity index (χ3v) is 4.29. The van der Waals surface area contributed by atoms with Crippen molar-refractivity contribution in [1.82, 2.24) is 4.90 Å². The number of hydrogen-bond donors (Lipinski definition) is 2. The van der Waals surface area contributed by atoms with Crippen LogP contribution in [0.3, 0.4) is 0 Å². The smallest absolute Gasteiger partial charge is 0.0936 e. The summed E-state index contributed by atoms with van der Waals surface area (Å²) in [6.07, 6.45) is 3.57. The molecule has 1 aliphatic carbocycles. The van der Waals surface area contributed by atoms with E-state index in [-0.39, 0.29) is 0 Å². The zero-order chi connectivity index (χ0) is 11.8. The molecule has 0 spiro atoms. The molecule has 1 saturated carbocycles. The summed E-state index contributed by atoms with van der Waals surface area (Å²) in [4.78, 5) is 2.44. The number of nitrogens with two attached hydrogens (primary N) is 1. The van der Waals surface area contributed by atoms with Gasteiger partial charge in [-0.05, 0) is 31.2 Å². The summed E-state index contributed by atoms with van der Waals surface area (Å²) in [6, 6.07) is 8.33. The molecule has 0 amide bonds. The maximum Gasteiger partial charge on any atom is 0.0936 e. The molecule has 3 unspecified atom stereocenters. The average molecular weight is 232 g/mol. The number of anilines is 1. The Morgan fingerprint density at radius 2 is 2.18 bits per heavy atom. The zero-order valence-corrected chi connectivity index (χ0v) is 10.0. The van der Waals surface area contributed by atoms with Gasteiger partial charge in [-0.3, -0.25) is 4.90 Å². The van der Waals surface area contributed by atoms with Crippen LogP contribution in [0.1, 0.15) is 30.9 Å². The molecule has 0 aromatic heterocycles. The molecule has 1 aliphatic heterocycles. The second-order valence-electron chi connectivity index (χ2n) is 5.43.